The predicted molar refractivity (Wildman–Crippen MR) is 59.0 cm³/mol. The van der Waals surface area contributed by atoms with Crippen LogP contribution < -0.4 is 5.32 Å². The molecule has 76 valence electrons. The molecule has 1 N–H and O–H groups in total. The molecule has 1 aromatic carbocycles. The van der Waals surface area contributed by atoms with Crippen molar-refractivity contribution in [3.63, 3.8) is 0 Å². The second kappa shape index (κ2) is 6.35. The van der Waals surface area contributed by atoms with Crippen molar-refractivity contribution < 1.29 is 4.74 Å². The van der Waals surface area contributed by atoms with E-state index < -0.39 is 0 Å². The minimum atomic E-state index is -0.0285. The van der Waals surface area contributed by atoms with E-state index in [1.54, 1.807) is 0 Å². The highest BCUT2D eigenvalue weighted by atomic mass is 16.5. The molecule has 0 aromatic heterocycles. The third-order valence-corrected chi connectivity index (χ3v) is 1.88. The van der Waals surface area contributed by atoms with E-state index in [1.165, 1.54) is 0 Å². The summed E-state index contributed by atoms with van der Waals surface area (Å²) >= 11 is 0. The Balaban J connectivity index is 2.62. The highest BCUT2D eigenvalue weighted by molar-refractivity contribution is 5.17. The predicted octanol–water partition coefficient (Wildman–Crippen LogP) is 2.50. The first-order valence-corrected chi connectivity index (χ1v) is 4.89. The van der Waals surface area contributed by atoms with E-state index in [-0.39, 0.29) is 6.23 Å². The SMILES string of the molecule is C=CCNC(OCC)c1ccccc1. The Labute approximate surface area is 85.6 Å². The number of hydrogen-bond acceptors (Lipinski definition) is 2. The maximum Gasteiger partial charge on any atom is 0.134 e. The van der Waals surface area contributed by atoms with Crippen molar-refractivity contribution in [3.05, 3.63) is 48.6 Å². The summed E-state index contributed by atoms with van der Waals surface area (Å²) in [4.78, 5) is 0. The molecule has 0 amide bonds. The van der Waals surface area contributed by atoms with Crippen molar-refractivity contribution in [2.24, 2.45) is 0 Å². The fraction of sp³-hybridized carbons (Fsp3) is 0.333. The molecule has 1 unspecified atom stereocenters. The summed E-state index contributed by atoms with van der Waals surface area (Å²) in [6.07, 6.45) is 1.80. The van der Waals surface area contributed by atoms with Crippen LogP contribution in [0.1, 0.15) is 18.7 Å². The third-order valence-electron chi connectivity index (χ3n) is 1.88. The molecule has 0 saturated heterocycles. The van der Waals surface area contributed by atoms with Gasteiger partial charge in [-0.1, -0.05) is 36.4 Å². The Morgan fingerprint density at radius 2 is 2.14 bits per heavy atom. The van der Waals surface area contributed by atoms with E-state index >= 15 is 0 Å². The Hall–Kier alpha value is -1.12. The first kappa shape index (κ1) is 11.0. The Morgan fingerprint density at radius 3 is 2.71 bits per heavy atom. The molecule has 0 fully saturated rings. The first-order valence-electron chi connectivity index (χ1n) is 4.89. The van der Waals surface area contributed by atoms with Crippen LogP contribution in [0.5, 0.6) is 0 Å². The summed E-state index contributed by atoms with van der Waals surface area (Å²) in [5.74, 6) is 0. The molecule has 0 aliphatic rings. The molecule has 1 atom stereocenters. The van der Waals surface area contributed by atoms with Crippen LogP contribution in [-0.4, -0.2) is 13.2 Å². The van der Waals surface area contributed by atoms with Gasteiger partial charge in [-0.05, 0) is 12.5 Å². The smallest absolute Gasteiger partial charge is 0.134 e. The van der Waals surface area contributed by atoms with Gasteiger partial charge in [0.2, 0.25) is 0 Å². The Morgan fingerprint density at radius 1 is 1.43 bits per heavy atom. The molecule has 0 saturated carbocycles. The fourth-order valence-electron chi connectivity index (χ4n) is 1.26. The van der Waals surface area contributed by atoms with E-state index in [0.717, 1.165) is 12.1 Å². The van der Waals surface area contributed by atoms with E-state index in [1.807, 2.05) is 31.2 Å². The zero-order chi connectivity index (χ0) is 10.2. The van der Waals surface area contributed by atoms with Gasteiger partial charge in [0.15, 0.2) is 0 Å². The lowest BCUT2D eigenvalue weighted by Crippen LogP contribution is -2.23. The molecular formula is C12H17NO. The highest BCUT2D eigenvalue weighted by Crippen LogP contribution is 2.13. The largest absolute Gasteiger partial charge is 0.359 e. The quantitative estimate of drug-likeness (QED) is 0.551. The Bertz CT molecular complexity index is 258. The lowest BCUT2D eigenvalue weighted by atomic mass is 10.2. The van der Waals surface area contributed by atoms with Crippen LogP contribution in [0.3, 0.4) is 0 Å². The van der Waals surface area contributed by atoms with Gasteiger partial charge >= 0.3 is 0 Å². The van der Waals surface area contributed by atoms with Gasteiger partial charge in [-0.25, -0.2) is 0 Å². The van der Waals surface area contributed by atoms with E-state index in [2.05, 4.69) is 24.0 Å². The molecule has 0 heterocycles. The van der Waals surface area contributed by atoms with Crippen molar-refractivity contribution in [1.82, 2.24) is 5.32 Å². The number of nitrogens with one attached hydrogen (secondary N) is 1. The number of ether oxygens (including phenoxy) is 1. The van der Waals surface area contributed by atoms with Crippen molar-refractivity contribution in [2.45, 2.75) is 13.2 Å². The van der Waals surface area contributed by atoms with E-state index in [9.17, 15) is 0 Å². The van der Waals surface area contributed by atoms with Crippen molar-refractivity contribution in [1.29, 1.82) is 0 Å². The number of benzene rings is 1. The van der Waals surface area contributed by atoms with Crippen LogP contribution in [-0.2, 0) is 4.74 Å². The van der Waals surface area contributed by atoms with Crippen LogP contribution in [0.15, 0.2) is 43.0 Å². The van der Waals surface area contributed by atoms with Gasteiger partial charge in [-0.2, -0.15) is 0 Å². The van der Waals surface area contributed by atoms with Gasteiger partial charge in [-0.3, -0.25) is 5.32 Å². The fourth-order valence-corrected chi connectivity index (χ4v) is 1.26. The van der Waals surface area contributed by atoms with Gasteiger partial charge in [0, 0.05) is 13.2 Å². The van der Waals surface area contributed by atoms with Crippen molar-refractivity contribution >= 4 is 0 Å². The average Bonchev–Trinajstić information content (AvgIpc) is 2.25. The summed E-state index contributed by atoms with van der Waals surface area (Å²) in [6.45, 7) is 7.11. The summed E-state index contributed by atoms with van der Waals surface area (Å²) in [5.41, 5.74) is 1.15. The van der Waals surface area contributed by atoms with Gasteiger partial charge in [-0.15, -0.1) is 6.58 Å². The Kier molecular flexibility index (Phi) is 4.97. The zero-order valence-corrected chi connectivity index (χ0v) is 8.57. The van der Waals surface area contributed by atoms with Crippen LogP contribution in [0.4, 0.5) is 0 Å². The van der Waals surface area contributed by atoms with Gasteiger partial charge in [0.05, 0.1) is 0 Å². The van der Waals surface area contributed by atoms with Crippen molar-refractivity contribution in [2.75, 3.05) is 13.2 Å². The van der Waals surface area contributed by atoms with E-state index in [0.29, 0.717) is 6.61 Å². The van der Waals surface area contributed by atoms with Gasteiger partial charge in [0.1, 0.15) is 6.23 Å². The zero-order valence-electron chi connectivity index (χ0n) is 8.57. The molecule has 0 aliphatic heterocycles. The minimum Gasteiger partial charge on any atom is -0.359 e. The lowest BCUT2D eigenvalue weighted by Gasteiger charge is -2.17. The molecule has 2 nitrogen and oxygen atoms in total. The number of hydrogen-bond donors (Lipinski definition) is 1. The minimum absolute atomic E-state index is 0.0285. The van der Waals surface area contributed by atoms with Crippen LogP contribution in [0, 0.1) is 0 Å². The topological polar surface area (TPSA) is 21.3 Å². The van der Waals surface area contributed by atoms with Crippen LogP contribution >= 0.6 is 0 Å². The van der Waals surface area contributed by atoms with Crippen molar-refractivity contribution in [3.8, 4) is 0 Å². The second-order valence-corrected chi connectivity index (χ2v) is 2.94. The summed E-state index contributed by atoms with van der Waals surface area (Å²) in [5, 5.41) is 3.25. The molecule has 0 radical (unpaired) electrons. The maximum absolute atomic E-state index is 5.57. The van der Waals surface area contributed by atoms with E-state index in [4.69, 9.17) is 4.74 Å². The molecular weight excluding hydrogens is 174 g/mol. The molecule has 1 aromatic rings. The maximum atomic E-state index is 5.57. The van der Waals surface area contributed by atoms with Gasteiger partial charge < -0.3 is 4.74 Å². The van der Waals surface area contributed by atoms with Gasteiger partial charge in [0.25, 0.3) is 0 Å². The molecule has 0 bridgehead atoms. The first-order chi connectivity index (χ1) is 6.88. The highest BCUT2D eigenvalue weighted by Gasteiger charge is 2.07. The average molecular weight is 191 g/mol. The molecule has 2 heteroatoms. The summed E-state index contributed by atoms with van der Waals surface area (Å²) in [6, 6.07) is 10.1. The molecule has 14 heavy (non-hydrogen) atoms. The lowest BCUT2D eigenvalue weighted by molar-refractivity contribution is 0.0399. The van der Waals surface area contributed by atoms with Crippen LogP contribution in [0.2, 0.25) is 0 Å². The molecule has 0 spiro atoms. The normalized spacial score (nSPS) is 12.4. The second-order valence-electron chi connectivity index (χ2n) is 2.94. The molecule has 1 rings (SSSR count). The number of rotatable bonds is 6. The molecule has 0 aliphatic carbocycles. The third kappa shape index (κ3) is 3.32. The summed E-state index contributed by atoms with van der Waals surface area (Å²) < 4.78 is 5.57. The summed E-state index contributed by atoms with van der Waals surface area (Å²) in [7, 11) is 0. The standard InChI is InChI=1S/C12H17NO/c1-3-10-13-12(14-4-2)11-8-6-5-7-9-11/h3,5-9,12-13H,1,4,10H2,2H3. The van der Waals surface area contributed by atoms with Crippen LogP contribution in [0.25, 0.3) is 0 Å². The monoisotopic (exact) mass is 191 g/mol.